The number of carbonyl (C=O) groups is 1. The van der Waals surface area contributed by atoms with E-state index in [0.29, 0.717) is 31.3 Å². The lowest BCUT2D eigenvalue weighted by atomic mass is 10.1. The van der Waals surface area contributed by atoms with Crippen LogP contribution >= 0.6 is 0 Å². The molecule has 1 aromatic carbocycles. The first kappa shape index (κ1) is 18.4. The molecule has 2 fully saturated rings. The molecule has 0 bridgehead atoms. The SMILES string of the molecule is CC1CN(CC2CCCN2CC(=O)NCc2ccccc2)CC(C)O1. The van der Waals surface area contributed by atoms with Crippen molar-refractivity contribution in [3.63, 3.8) is 0 Å². The van der Waals surface area contributed by atoms with E-state index in [0.717, 1.165) is 31.7 Å². The summed E-state index contributed by atoms with van der Waals surface area (Å²) in [5.74, 6) is 0.125. The third-order valence-corrected chi connectivity index (χ3v) is 5.14. The Kier molecular flexibility index (Phi) is 6.45. The number of rotatable bonds is 6. The number of nitrogens with zero attached hydrogens (tertiary/aromatic N) is 2. The lowest BCUT2D eigenvalue weighted by Gasteiger charge is -2.38. The zero-order valence-electron chi connectivity index (χ0n) is 15.5. The maximum Gasteiger partial charge on any atom is 0.234 e. The van der Waals surface area contributed by atoms with Gasteiger partial charge in [0.2, 0.25) is 5.91 Å². The minimum atomic E-state index is 0.125. The Morgan fingerprint density at radius 1 is 1.20 bits per heavy atom. The van der Waals surface area contributed by atoms with Crippen molar-refractivity contribution in [2.24, 2.45) is 0 Å². The van der Waals surface area contributed by atoms with Crippen LogP contribution < -0.4 is 5.32 Å². The molecule has 0 spiro atoms. The summed E-state index contributed by atoms with van der Waals surface area (Å²) in [7, 11) is 0. The number of benzene rings is 1. The van der Waals surface area contributed by atoms with Gasteiger partial charge in [-0.25, -0.2) is 0 Å². The number of nitrogens with one attached hydrogen (secondary N) is 1. The first-order valence-electron chi connectivity index (χ1n) is 9.52. The van der Waals surface area contributed by atoms with E-state index < -0.39 is 0 Å². The highest BCUT2D eigenvalue weighted by Crippen LogP contribution is 2.20. The number of hydrogen-bond acceptors (Lipinski definition) is 4. The molecule has 1 N–H and O–H groups in total. The Hall–Kier alpha value is -1.43. The second kappa shape index (κ2) is 8.79. The second-order valence-electron chi connectivity index (χ2n) is 7.50. The molecule has 0 aromatic heterocycles. The molecular weight excluding hydrogens is 314 g/mol. The summed E-state index contributed by atoms with van der Waals surface area (Å²) in [5.41, 5.74) is 1.14. The Balaban J connectivity index is 1.45. The summed E-state index contributed by atoms with van der Waals surface area (Å²) in [5, 5.41) is 3.05. The molecule has 2 heterocycles. The second-order valence-corrected chi connectivity index (χ2v) is 7.50. The Bertz CT molecular complexity index is 541. The molecule has 0 saturated carbocycles. The lowest BCUT2D eigenvalue weighted by Crippen LogP contribution is -2.51. The van der Waals surface area contributed by atoms with Crippen LogP contribution in [0.25, 0.3) is 0 Å². The Morgan fingerprint density at radius 3 is 2.64 bits per heavy atom. The predicted octanol–water partition coefficient (Wildman–Crippen LogP) is 1.88. The van der Waals surface area contributed by atoms with Crippen molar-refractivity contribution in [1.82, 2.24) is 15.1 Å². The summed E-state index contributed by atoms with van der Waals surface area (Å²) < 4.78 is 5.83. The molecule has 0 radical (unpaired) electrons. The quantitative estimate of drug-likeness (QED) is 0.855. The van der Waals surface area contributed by atoms with Gasteiger partial charge in [-0.15, -0.1) is 0 Å². The van der Waals surface area contributed by atoms with E-state index in [1.54, 1.807) is 0 Å². The highest BCUT2D eigenvalue weighted by molar-refractivity contribution is 5.78. The van der Waals surface area contributed by atoms with Crippen molar-refractivity contribution in [3.8, 4) is 0 Å². The summed E-state index contributed by atoms with van der Waals surface area (Å²) in [6.07, 6.45) is 2.97. The molecular formula is C20H31N3O2. The Labute approximate surface area is 151 Å². The fraction of sp³-hybridized carbons (Fsp3) is 0.650. The number of amides is 1. The predicted molar refractivity (Wildman–Crippen MR) is 99.3 cm³/mol. The molecule has 1 amide bonds. The third-order valence-electron chi connectivity index (χ3n) is 5.14. The van der Waals surface area contributed by atoms with Crippen LogP contribution in [-0.2, 0) is 16.1 Å². The van der Waals surface area contributed by atoms with E-state index in [4.69, 9.17) is 4.74 Å². The molecule has 3 rings (SSSR count). The average Bonchev–Trinajstić information content (AvgIpc) is 3.00. The van der Waals surface area contributed by atoms with Gasteiger partial charge in [-0.1, -0.05) is 30.3 Å². The molecule has 5 nitrogen and oxygen atoms in total. The van der Waals surface area contributed by atoms with Crippen LogP contribution in [0.4, 0.5) is 0 Å². The van der Waals surface area contributed by atoms with Gasteiger partial charge in [0.1, 0.15) is 0 Å². The maximum atomic E-state index is 12.3. The van der Waals surface area contributed by atoms with Gasteiger partial charge in [0.05, 0.1) is 18.8 Å². The monoisotopic (exact) mass is 345 g/mol. The molecule has 0 aliphatic carbocycles. The van der Waals surface area contributed by atoms with Gasteiger partial charge < -0.3 is 10.1 Å². The largest absolute Gasteiger partial charge is 0.373 e. The van der Waals surface area contributed by atoms with E-state index in [1.807, 2.05) is 30.3 Å². The van der Waals surface area contributed by atoms with Crippen LogP contribution in [0.1, 0.15) is 32.3 Å². The number of likely N-dealkylation sites (tertiary alicyclic amines) is 1. The van der Waals surface area contributed by atoms with Gasteiger partial charge >= 0.3 is 0 Å². The van der Waals surface area contributed by atoms with Crippen molar-refractivity contribution >= 4 is 5.91 Å². The molecule has 25 heavy (non-hydrogen) atoms. The standard InChI is InChI=1S/C20H31N3O2/c1-16-12-22(13-17(2)25-16)14-19-9-6-10-23(19)15-20(24)21-11-18-7-4-3-5-8-18/h3-5,7-8,16-17,19H,6,9-15H2,1-2H3,(H,21,24). The minimum Gasteiger partial charge on any atom is -0.373 e. The molecule has 1 aromatic rings. The highest BCUT2D eigenvalue weighted by atomic mass is 16.5. The van der Waals surface area contributed by atoms with E-state index in [1.165, 1.54) is 12.8 Å². The first-order valence-corrected chi connectivity index (χ1v) is 9.52. The maximum absolute atomic E-state index is 12.3. The topological polar surface area (TPSA) is 44.8 Å². The van der Waals surface area contributed by atoms with Crippen molar-refractivity contribution in [2.75, 3.05) is 32.7 Å². The van der Waals surface area contributed by atoms with Gasteiger partial charge in [-0.3, -0.25) is 14.6 Å². The molecule has 2 saturated heterocycles. The minimum absolute atomic E-state index is 0.125. The van der Waals surface area contributed by atoms with Gasteiger partial charge in [0.15, 0.2) is 0 Å². The zero-order valence-corrected chi connectivity index (χ0v) is 15.5. The van der Waals surface area contributed by atoms with Gasteiger partial charge in [-0.2, -0.15) is 0 Å². The third kappa shape index (κ3) is 5.53. The van der Waals surface area contributed by atoms with E-state index >= 15 is 0 Å². The molecule has 2 aliphatic heterocycles. The van der Waals surface area contributed by atoms with Gasteiger partial charge in [-0.05, 0) is 38.8 Å². The molecule has 138 valence electrons. The molecule has 3 atom stereocenters. The Morgan fingerprint density at radius 2 is 1.92 bits per heavy atom. The molecule has 5 heteroatoms. The number of carbonyl (C=O) groups excluding carboxylic acids is 1. The first-order chi connectivity index (χ1) is 12.1. The van der Waals surface area contributed by atoms with Gasteiger partial charge in [0.25, 0.3) is 0 Å². The fourth-order valence-corrected chi connectivity index (χ4v) is 4.08. The van der Waals surface area contributed by atoms with Crippen LogP contribution in [0.5, 0.6) is 0 Å². The van der Waals surface area contributed by atoms with E-state index in [2.05, 4.69) is 29.0 Å². The fourth-order valence-electron chi connectivity index (χ4n) is 4.08. The van der Waals surface area contributed by atoms with Crippen molar-refractivity contribution < 1.29 is 9.53 Å². The lowest BCUT2D eigenvalue weighted by molar-refractivity contribution is -0.123. The van der Waals surface area contributed by atoms with E-state index in [-0.39, 0.29) is 5.91 Å². The molecule has 3 unspecified atom stereocenters. The number of morpholine rings is 1. The normalized spacial score (nSPS) is 28.2. The van der Waals surface area contributed by atoms with Crippen LogP contribution in [-0.4, -0.2) is 66.7 Å². The van der Waals surface area contributed by atoms with Crippen molar-refractivity contribution in [3.05, 3.63) is 35.9 Å². The average molecular weight is 345 g/mol. The van der Waals surface area contributed by atoms with E-state index in [9.17, 15) is 4.79 Å². The highest BCUT2D eigenvalue weighted by Gasteiger charge is 2.30. The van der Waals surface area contributed by atoms with Crippen LogP contribution in [0.3, 0.4) is 0 Å². The van der Waals surface area contributed by atoms with Crippen LogP contribution in [0.2, 0.25) is 0 Å². The summed E-state index contributed by atoms with van der Waals surface area (Å²) >= 11 is 0. The van der Waals surface area contributed by atoms with Gasteiger partial charge in [0, 0.05) is 32.2 Å². The smallest absolute Gasteiger partial charge is 0.234 e. The number of hydrogen-bond donors (Lipinski definition) is 1. The van der Waals surface area contributed by atoms with Crippen LogP contribution in [0.15, 0.2) is 30.3 Å². The summed E-state index contributed by atoms with van der Waals surface area (Å²) in [4.78, 5) is 17.2. The van der Waals surface area contributed by atoms with Crippen molar-refractivity contribution in [1.29, 1.82) is 0 Å². The zero-order chi connectivity index (χ0) is 17.6. The summed E-state index contributed by atoms with van der Waals surface area (Å²) in [6.45, 7) is 9.47. The summed E-state index contributed by atoms with van der Waals surface area (Å²) in [6, 6.07) is 10.6. The molecule has 2 aliphatic rings. The number of ether oxygens (including phenoxy) is 1. The van der Waals surface area contributed by atoms with Crippen LogP contribution in [0, 0.1) is 0 Å². The van der Waals surface area contributed by atoms with Crippen molar-refractivity contribution in [2.45, 2.75) is 51.5 Å².